The average molecular weight is 318 g/mol. The van der Waals surface area contributed by atoms with Gasteiger partial charge in [0.15, 0.2) is 0 Å². The largest absolute Gasteiger partial charge is 0.384 e. The highest BCUT2D eigenvalue weighted by molar-refractivity contribution is 7.91. The van der Waals surface area contributed by atoms with Crippen molar-refractivity contribution in [2.24, 2.45) is 0 Å². The molecule has 20 heavy (non-hydrogen) atoms. The molecule has 0 radical (unpaired) electrons. The predicted molar refractivity (Wildman–Crippen MR) is 78.1 cm³/mol. The number of hydrogen-bond acceptors (Lipinski definition) is 5. The quantitative estimate of drug-likeness (QED) is 0.818. The third kappa shape index (κ3) is 3.71. The molecule has 1 atom stereocenters. The normalized spacial score (nSPS) is 16.5. The van der Waals surface area contributed by atoms with Gasteiger partial charge < -0.3 is 5.32 Å². The van der Waals surface area contributed by atoms with Crippen LogP contribution in [0.25, 0.3) is 0 Å². The molecule has 1 aromatic carbocycles. The summed E-state index contributed by atoms with van der Waals surface area (Å²) in [5, 5.41) is 3.12. The third-order valence-corrected chi connectivity index (χ3v) is 5.70. The summed E-state index contributed by atoms with van der Waals surface area (Å²) < 4.78 is 49.1. The summed E-state index contributed by atoms with van der Waals surface area (Å²) in [5.74, 6) is -0.227. The number of sulfone groups is 1. The van der Waals surface area contributed by atoms with Crippen LogP contribution in [0.15, 0.2) is 23.1 Å². The van der Waals surface area contributed by atoms with Crippen LogP contribution in [-0.4, -0.2) is 41.4 Å². The van der Waals surface area contributed by atoms with Crippen molar-refractivity contribution in [3.63, 3.8) is 0 Å². The van der Waals surface area contributed by atoms with Gasteiger partial charge >= 0.3 is 0 Å². The van der Waals surface area contributed by atoms with Crippen molar-refractivity contribution < 1.29 is 16.8 Å². The summed E-state index contributed by atoms with van der Waals surface area (Å²) in [5.41, 5.74) is 1.91. The molecular formula is C12H18N2O4S2. The maximum Gasteiger partial charge on any atom is 0.240 e. The van der Waals surface area contributed by atoms with E-state index in [1.54, 1.807) is 18.2 Å². The Morgan fingerprint density at radius 3 is 2.65 bits per heavy atom. The van der Waals surface area contributed by atoms with Crippen molar-refractivity contribution >= 4 is 25.5 Å². The number of nitrogens with one attached hydrogen (secondary N) is 2. The van der Waals surface area contributed by atoms with Crippen LogP contribution in [0.2, 0.25) is 0 Å². The molecule has 0 aromatic heterocycles. The second-order valence-electron chi connectivity index (χ2n) is 5.11. The smallest absolute Gasteiger partial charge is 0.240 e. The van der Waals surface area contributed by atoms with Gasteiger partial charge in [-0.3, -0.25) is 0 Å². The number of benzene rings is 1. The molecule has 6 nitrogen and oxygen atoms in total. The summed E-state index contributed by atoms with van der Waals surface area (Å²) in [4.78, 5) is 0.144. The van der Waals surface area contributed by atoms with Gasteiger partial charge in [-0.05, 0) is 31.0 Å². The average Bonchev–Trinajstić information content (AvgIpc) is 2.71. The van der Waals surface area contributed by atoms with Crippen molar-refractivity contribution in [3.8, 4) is 0 Å². The molecule has 0 amide bonds. The molecular weight excluding hydrogens is 300 g/mol. The number of rotatable bonds is 5. The van der Waals surface area contributed by atoms with Gasteiger partial charge in [0.1, 0.15) is 9.84 Å². The molecule has 0 aliphatic carbocycles. The first-order valence-electron chi connectivity index (χ1n) is 6.24. The molecule has 2 rings (SSSR count). The molecule has 0 fully saturated rings. The van der Waals surface area contributed by atoms with E-state index in [1.807, 2.05) is 0 Å². The highest BCUT2D eigenvalue weighted by Gasteiger charge is 2.22. The fraction of sp³-hybridized carbons (Fsp3) is 0.500. The molecule has 0 saturated carbocycles. The standard InChI is InChI=1S/C12H18N2O4S2/c1-9(8-19(2,15)16)14-20(17,18)11-4-3-10-5-6-13-12(10)7-11/h3-4,7,9,13-14H,5-6,8H2,1-2H3. The minimum atomic E-state index is -3.71. The number of fused-ring (bicyclic) bond motifs is 1. The summed E-state index contributed by atoms with van der Waals surface area (Å²) >= 11 is 0. The molecule has 0 spiro atoms. The highest BCUT2D eigenvalue weighted by atomic mass is 32.2. The van der Waals surface area contributed by atoms with Crippen molar-refractivity contribution in [2.75, 3.05) is 23.9 Å². The second-order valence-corrected chi connectivity index (χ2v) is 9.01. The maximum atomic E-state index is 12.2. The first-order chi connectivity index (χ1) is 9.17. The molecule has 2 N–H and O–H groups in total. The van der Waals surface area contributed by atoms with Crippen LogP contribution < -0.4 is 10.0 Å². The monoisotopic (exact) mass is 318 g/mol. The van der Waals surface area contributed by atoms with E-state index in [9.17, 15) is 16.8 Å². The van der Waals surface area contributed by atoms with Crippen molar-refractivity contribution in [1.29, 1.82) is 0 Å². The Hall–Kier alpha value is -1.12. The van der Waals surface area contributed by atoms with Gasteiger partial charge in [-0.25, -0.2) is 21.6 Å². The summed E-state index contributed by atoms with van der Waals surface area (Å²) in [7, 11) is -6.93. The molecule has 112 valence electrons. The molecule has 0 bridgehead atoms. The zero-order valence-electron chi connectivity index (χ0n) is 11.4. The minimum Gasteiger partial charge on any atom is -0.384 e. The summed E-state index contributed by atoms with van der Waals surface area (Å²) in [6.45, 7) is 2.33. The van der Waals surface area contributed by atoms with Crippen LogP contribution in [0.5, 0.6) is 0 Å². The highest BCUT2D eigenvalue weighted by Crippen LogP contribution is 2.25. The van der Waals surface area contributed by atoms with Gasteiger partial charge in [-0.15, -0.1) is 0 Å². The zero-order chi connectivity index (χ0) is 15.0. The lowest BCUT2D eigenvalue weighted by Gasteiger charge is -2.14. The van der Waals surface area contributed by atoms with Crippen molar-refractivity contribution in [1.82, 2.24) is 4.72 Å². The van der Waals surface area contributed by atoms with E-state index >= 15 is 0 Å². The van der Waals surface area contributed by atoms with Crippen LogP contribution >= 0.6 is 0 Å². The van der Waals surface area contributed by atoms with E-state index in [0.717, 1.165) is 30.5 Å². The fourth-order valence-corrected chi connectivity index (χ4v) is 4.62. The fourth-order valence-electron chi connectivity index (χ4n) is 2.26. The molecule has 1 unspecified atom stereocenters. The Morgan fingerprint density at radius 1 is 1.30 bits per heavy atom. The Morgan fingerprint density at radius 2 is 2.00 bits per heavy atom. The Labute approximate surface area is 119 Å². The third-order valence-electron chi connectivity index (χ3n) is 3.01. The van der Waals surface area contributed by atoms with Crippen LogP contribution in [-0.2, 0) is 26.3 Å². The Balaban J connectivity index is 2.18. The number of anilines is 1. The van der Waals surface area contributed by atoms with Crippen LogP contribution in [0, 0.1) is 0 Å². The number of hydrogen-bond donors (Lipinski definition) is 2. The van der Waals surface area contributed by atoms with Gasteiger partial charge in [-0.1, -0.05) is 6.07 Å². The van der Waals surface area contributed by atoms with E-state index in [0.29, 0.717) is 0 Å². The van der Waals surface area contributed by atoms with Gasteiger partial charge in [0, 0.05) is 24.5 Å². The van der Waals surface area contributed by atoms with Crippen LogP contribution in [0.3, 0.4) is 0 Å². The van der Waals surface area contributed by atoms with E-state index in [2.05, 4.69) is 10.0 Å². The van der Waals surface area contributed by atoms with Gasteiger partial charge in [0.25, 0.3) is 0 Å². The van der Waals surface area contributed by atoms with Crippen LogP contribution in [0.1, 0.15) is 12.5 Å². The van der Waals surface area contributed by atoms with E-state index in [-0.39, 0.29) is 10.6 Å². The summed E-state index contributed by atoms with van der Waals surface area (Å²) in [6.07, 6.45) is 1.96. The Bertz CT molecular complexity index is 711. The molecule has 1 aromatic rings. The van der Waals surface area contributed by atoms with Gasteiger partial charge in [-0.2, -0.15) is 0 Å². The SMILES string of the molecule is CC(CS(C)(=O)=O)NS(=O)(=O)c1ccc2c(c1)NCC2. The molecule has 1 aliphatic heterocycles. The minimum absolute atomic E-state index is 0.144. The molecule has 8 heteroatoms. The van der Waals surface area contributed by atoms with Crippen molar-refractivity contribution in [3.05, 3.63) is 23.8 Å². The Kier molecular flexibility index (Phi) is 4.08. The first kappa shape index (κ1) is 15.3. The van der Waals surface area contributed by atoms with Gasteiger partial charge in [0.05, 0.1) is 10.6 Å². The molecule has 0 saturated heterocycles. The van der Waals surface area contributed by atoms with Crippen molar-refractivity contribution in [2.45, 2.75) is 24.3 Å². The number of sulfonamides is 1. The topological polar surface area (TPSA) is 92.3 Å². The van der Waals surface area contributed by atoms with E-state index < -0.39 is 25.9 Å². The lowest BCUT2D eigenvalue weighted by Crippen LogP contribution is -2.37. The predicted octanol–water partition coefficient (Wildman–Crippen LogP) is 0.366. The molecule has 1 heterocycles. The van der Waals surface area contributed by atoms with Crippen LogP contribution in [0.4, 0.5) is 5.69 Å². The summed E-state index contributed by atoms with van der Waals surface area (Å²) in [6, 6.07) is 4.24. The van der Waals surface area contributed by atoms with E-state index in [1.165, 1.54) is 6.92 Å². The maximum absolute atomic E-state index is 12.2. The van der Waals surface area contributed by atoms with Gasteiger partial charge in [0.2, 0.25) is 10.0 Å². The van der Waals surface area contributed by atoms with E-state index in [4.69, 9.17) is 0 Å². The first-order valence-corrected chi connectivity index (χ1v) is 9.78. The lowest BCUT2D eigenvalue weighted by atomic mass is 10.2. The zero-order valence-corrected chi connectivity index (χ0v) is 13.0. The molecule has 1 aliphatic rings. The second kappa shape index (κ2) is 5.34. The lowest BCUT2D eigenvalue weighted by molar-refractivity contribution is 0.564.